The van der Waals surface area contributed by atoms with Crippen molar-refractivity contribution in [3.8, 4) is 16.8 Å². The molecule has 144 valence electrons. The minimum atomic E-state index is -0.268. The highest BCUT2D eigenvalue weighted by Crippen LogP contribution is 2.41. The van der Waals surface area contributed by atoms with Gasteiger partial charge in [-0.3, -0.25) is 4.79 Å². The number of anilines is 1. The van der Waals surface area contributed by atoms with Crippen LogP contribution in [0.15, 0.2) is 52.1 Å². The van der Waals surface area contributed by atoms with Crippen molar-refractivity contribution >= 4 is 68.0 Å². The minimum absolute atomic E-state index is 0.0689. The first-order chi connectivity index (χ1) is 14.0. The number of thiophene rings is 1. The van der Waals surface area contributed by atoms with Crippen molar-refractivity contribution in [3.05, 3.63) is 58.1 Å². The van der Waals surface area contributed by atoms with E-state index >= 15 is 0 Å². The number of carbonyl (C=O) groups is 1. The third kappa shape index (κ3) is 4.23. The summed E-state index contributed by atoms with van der Waals surface area (Å²) in [4.78, 5) is 12.8. The Kier molecular flexibility index (Phi) is 5.74. The predicted octanol–water partition coefficient (Wildman–Crippen LogP) is 5.86. The maximum atomic E-state index is 12.2. The first-order valence-corrected chi connectivity index (χ1v) is 10.7. The first-order valence-electron chi connectivity index (χ1n) is 8.18. The highest BCUT2D eigenvalue weighted by Gasteiger charge is 2.18. The predicted molar refractivity (Wildman–Crippen MR) is 116 cm³/mol. The van der Waals surface area contributed by atoms with Gasteiger partial charge in [-0.2, -0.15) is 5.26 Å². The number of amides is 1. The van der Waals surface area contributed by atoms with Gasteiger partial charge in [-0.05, 0) is 24.3 Å². The number of rotatable bonds is 5. The summed E-state index contributed by atoms with van der Waals surface area (Å²) >= 11 is 15.0. The molecule has 2 aromatic carbocycles. The van der Waals surface area contributed by atoms with Gasteiger partial charge in [0.1, 0.15) is 10.9 Å². The summed E-state index contributed by atoms with van der Waals surface area (Å²) in [7, 11) is 0. The number of hydrogen-bond acceptors (Lipinski definition) is 7. The number of nitriles is 1. The number of nitrogens with zero attached hydrogens (tertiary/aromatic N) is 3. The van der Waals surface area contributed by atoms with Crippen molar-refractivity contribution in [3.63, 3.8) is 0 Å². The lowest BCUT2D eigenvalue weighted by atomic mass is 10.2. The molecule has 6 nitrogen and oxygen atoms in total. The quantitative estimate of drug-likeness (QED) is 0.374. The fraction of sp³-hybridized carbons (Fsp3) is 0.0526. The molecule has 0 saturated carbocycles. The lowest BCUT2D eigenvalue weighted by Crippen LogP contribution is -2.14. The van der Waals surface area contributed by atoms with Crippen LogP contribution in [0.5, 0.6) is 0 Å². The third-order valence-electron chi connectivity index (χ3n) is 3.84. The Morgan fingerprint density at radius 1 is 1.24 bits per heavy atom. The molecule has 0 bridgehead atoms. The van der Waals surface area contributed by atoms with Gasteiger partial charge in [-0.15, -0.1) is 21.5 Å². The van der Waals surface area contributed by atoms with Crippen LogP contribution in [0.2, 0.25) is 10.0 Å². The van der Waals surface area contributed by atoms with Crippen LogP contribution in [-0.4, -0.2) is 21.9 Å². The van der Waals surface area contributed by atoms with Crippen LogP contribution in [0.25, 0.3) is 20.9 Å². The average Bonchev–Trinajstić information content (AvgIpc) is 3.31. The Morgan fingerprint density at radius 2 is 2.07 bits per heavy atom. The van der Waals surface area contributed by atoms with E-state index in [1.54, 1.807) is 12.1 Å². The number of benzene rings is 2. The molecule has 0 spiro atoms. The van der Waals surface area contributed by atoms with Crippen molar-refractivity contribution in [2.45, 2.75) is 5.22 Å². The Bertz CT molecular complexity index is 1260. The van der Waals surface area contributed by atoms with Crippen LogP contribution in [0.1, 0.15) is 5.56 Å². The fourth-order valence-corrected chi connectivity index (χ4v) is 4.74. The second kappa shape index (κ2) is 8.43. The lowest BCUT2D eigenvalue weighted by Gasteiger charge is -2.05. The number of hydrogen-bond donors (Lipinski definition) is 1. The zero-order valence-electron chi connectivity index (χ0n) is 14.5. The molecule has 0 saturated heterocycles. The molecule has 0 unspecified atom stereocenters. The summed E-state index contributed by atoms with van der Waals surface area (Å²) in [6.45, 7) is 0. The molecule has 0 aliphatic rings. The maximum Gasteiger partial charge on any atom is 0.277 e. The summed E-state index contributed by atoms with van der Waals surface area (Å²) in [5, 5.41) is 21.7. The summed E-state index contributed by atoms with van der Waals surface area (Å²) in [6, 6.07) is 14.4. The number of nitrogens with one attached hydrogen (secondary N) is 1. The molecule has 2 aromatic heterocycles. The second-order valence-corrected chi connectivity index (χ2v) is 8.52. The summed E-state index contributed by atoms with van der Waals surface area (Å²) in [5.41, 5.74) is 0.847. The van der Waals surface area contributed by atoms with Crippen LogP contribution >= 0.6 is 46.3 Å². The summed E-state index contributed by atoms with van der Waals surface area (Å²) in [5.74, 6) is 0.118. The molecule has 0 aliphatic heterocycles. The van der Waals surface area contributed by atoms with Crippen LogP contribution < -0.4 is 5.32 Å². The molecule has 0 fully saturated rings. The molecule has 4 aromatic rings. The molecule has 1 amide bonds. The molecule has 1 N–H and O–H groups in total. The maximum absolute atomic E-state index is 12.2. The van der Waals surface area contributed by atoms with E-state index in [0.29, 0.717) is 27.0 Å². The van der Waals surface area contributed by atoms with Crippen molar-refractivity contribution < 1.29 is 9.21 Å². The number of thioether (sulfide) groups is 1. The highest BCUT2D eigenvalue weighted by molar-refractivity contribution is 7.99. The van der Waals surface area contributed by atoms with Crippen molar-refractivity contribution in [1.82, 2.24) is 10.2 Å². The molecule has 0 atom stereocenters. The standard InChI is InChI=1S/C19H10Cl2N4O2S2/c20-13-7-11(6-5-10(13)8-22)23-15(26)9-28-19-25-24-18(27-19)17-16(21)12-3-1-2-4-14(12)29-17/h1-7H,9H2,(H,23,26). The Hall–Kier alpha value is -2.57. The number of aromatic nitrogens is 2. The summed E-state index contributed by atoms with van der Waals surface area (Å²) < 4.78 is 6.69. The zero-order valence-corrected chi connectivity index (χ0v) is 17.6. The molecule has 0 aliphatic carbocycles. The van der Waals surface area contributed by atoms with Gasteiger partial charge in [0.2, 0.25) is 5.91 Å². The minimum Gasteiger partial charge on any atom is -0.410 e. The zero-order chi connectivity index (χ0) is 20.4. The van der Waals surface area contributed by atoms with Gasteiger partial charge in [0.15, 0.2) is 0 Å². The Labute approximate surface area is 183 Å². The normalized spacial score (nSPS) is 10.8. The largest absolute Gasteiger partial charge is 0.410 e. The van der Waals surface area contributed by atoms with Gasteiger partial charge in [0.05, 0.1) is 21.4 Å². The van der Waals surface area contributed by atoms with Gasteiger partial charge in [-0.25, -0.2) is 0 Å². The summed E-state index contributed by atoms with van der Waals surface area (Å²) in [6.07, 6.45) is 0. The SMILES string of the molecule is N#Cc1ccc(NC(=O)CSc2nnc(-c3sc4ccccc4c3Cl)o2)cc1Cl. The topological polar surface area (TPSA) is 91.8 Å². The number of halogens is 2. The van der Waals surface area contributed by atoms with Crippen LogP contribution in [-0.2, 0) is 4.79 Å². The van der Waals surface area contributed by atoms with Crippen LogP contribution in [0, 0.1) is 11.3 Å². The van der Waals surface area contributed by atoms with Crippen LogP contribution in [0.3, 0.4) is 0 Å². The van der Waals surface area contributed by atoms with E-state index in [-0.39, 0.29) is 21.9 Å². The first kappa shape index (κ1) is 19.7. The van der Waals surface area contributed by atoms with Gasteiger partial charge in [0, 0.05) is 15.8 Å². The van der Waals surface area contributed by atoms with Crippen molar-refractivity contribution in [2.75, 3.05) is 11.1 Å². The van der Waals surface area contributed by atoms with Gasteiger partial charge in [0.25, 0.3) is 11.1 Å². The third-order valence-corrected chi connectivity index (χ3v) is 6.63. The van der Waals surface area contributed by atoms with Gasteiger partial charge in [-0.1, -0.05) is 53.2 Å². The van der Waals surface area contributed by atoms with E-state index in [2.05, 4.69) is 15.5 Å². The van der Waals surface area contributed by atoms with E-state index in [9.17, 15) is 4.79 Å². The van der Waals surface area contributed by atoms with E-state index in [4.69, 9.17) is 32.9 Å². The van der Waals surface area contributed by atoms with Crippen molar-refractivity contribution in [1.29, 1.82) is 5.26 Å². The molecule has 10 heteroatoms. The van der Waals surface area contributed by atoms with E-state index in [1.807, 2.05) is 30.3 Å². The van der Waals surface area contributed by atoms with Crippen LogP contribution in [0.4, 0.5) is 5.69 Å². The second-order valence-electron chi connectivity index (χ2n) is 5.76. The van der Waals surface area contributed by atoms with Crippen molar-refractivity contribution in [2.24, 2.45) is 0 Å². The van der Waals surface area contributed by atoms with Gasteiger partial charge < -0.3 is 9.73 Å². The fourth-order valence-electron chi connectivity index (χ4n) is 2.52. The molecule has 0 radical (unpaired) electrons. The molecule has 2 heterocycles. The van der Waals surface area contributed by atoms with E-state index in [1.165, 1.54) is 17.4 Å². The monoisotopic (exact) mass is 460 g/mol. The smallest absolute Gasteiger partial charge is 0.277 e. The molecule has 29 heavy (non-hydrogen) atoms. The average molecular weight is 461 g/mol. The highest BCUT2D eigenvalue weighted by atomic mass is 35.5. The molecular formula is C19H10Cl2N4O2S2. The number of carbonyl (C=O) groups excluding carboxylic acids is 1. The van der Waals surface area contributed by atoms with E-state index < -0.39 is 0 Å². The lowest BCUT2D eigenvalue weighted by molar-refractivity contribution is -0.113. The van der Waals surface area contributed by atoms with Gasteiger partial charge >= 0.3 is 0 Å². The number of fused-ring (bicyclic) bond motifs is 1. The Morgan fingerprint density at radius 3 is 2.83 bits per heavy atom. The Balaban J connectivity index is 1.41. The molecule has 4 rings (SSSR count). The molecular weight excluding hydrogens is 451 g/mol. The van der Waals surface area contributed by atoms with E-state index in [0.717, 1.165) is 21.8 Å².